The van der Waals surface area contributed by atoms with E-state index in [1.807, 2.05) is 18.9 Å². The molecule has 2 rings (SSSR count). The van der Waals surface area contributed by atoms with Crippen molar-refractivity contribution in [2.75, 3.05) is 13.7 Å². The Morgan fingerprint density at radius 1 is 1.37 bits per heavy atom. The van der Waals surface area contributed by atoms with Gasteiger partial charge < -0.3 is 9.63 Å². The molecular weight excluding hydrogens is 249 g/mol. The standard InChI is InChI=1S/C13H16FN3O2/c1-9(8-18)17(2)7-12-15-13(16-19-12)10-3-5-11(14)6-4-10/h3-6,9,18H,7-8H2,1-2H3. The van der Waals surface area contributed by atoms with Gasteiger partial charge in [0.15, 0.2) is 0 Å². The van der Waals surface area contributed by atoms with Crippen LogP contribution >= 0.6 is 0 Å². The molecule has 1 aromatic carbocycles. The van der Waals surface area contributed by atoms with Gasteiger partial charge in [0.25, 0.3) is 0 Å². The summed E-state index contributed by atoms with van der Waals surface area (Å²) in [5.74, 6) is 0.589. The average molecular weight is 265 g/mol. The van der Waals surface area contributed by atoms with Crippen molar-refractivity contribution in [3.63, 3.8) is 0 Å². The van der Waals surface area contributed by atoms with Gasteiger partial charge in [-0.3, -0.25) is 4.90 Å². The Morgan fingerprint density at radius 3 is 2.68 bits per heavy atom. The molecule has 1 unspecified atom stereocenters. The molecule has 6 heteroatoms. The highest BCUT2D eigenvalue weighted by atomic mass is 19.1. The number of likely N-dealkylation sites (N-methyl/N-ethyl adjacent to an activating group) is 1. The molecule has 1 aromatic heterocycles. The van der Waals surface area contributed by atoms with Crippen LogP contribution in [0.4, 0.5) is 4.39 Å². The second-order valence-corrected chi connectivity index (χ2v) is 4.47. The Morgan fingerprint density at radius 2 is 2.05 bits per heavy atom. The van der Waals surface area contributed by atoms with Gasteiger partial charge in [0.1, 0.15) is 5.82 Å². The first-order chi connectivity index (χ1) is 9.10. The third kappa shape index (κ3) is 3.36. The maximum atomic E-state index is 12.8. The van der Waals surface area contributed by atoms with Crippen molar-refractivity contribution in [3.8, 4) is 11.4 Å². The lowest BCUT2D eigenvalue weighted by atomic mass is 10.2. The number of aliphatic hydroxyl groups excluding tert-OH is 1. The average Bonchev–Trinajstić information content (AvgIpc) is 2.87. The van der Waals surface area contributed by atoms with E-state index in [0.29, 0.717) is 23.8 Å². The summed E-state index contributed by atoms with van der Waals surface area (Å²) in [6.07, 6.45) is 0. The summed E-state index contributed by atoms with van der Waals surface area (Å²) >= 11 is 0. The first-order valence-electron chi connectivity index (χ1n) is 5.99. The number of nitrogens with zero attached hydrogens (tertiary/aromatic N) is 3. The molecule has 0 saturated carbocycles. The fourth-order valence-electron chi connectivity index (χ4n) is 1.54. The lowest BCUT2D eigenvalue weighted by Gasteiger charge is -2.20. The molecule has 0 radical (unpaired) electrons. The fraction of sp³-hybridized carbons (Fsp3) is 0.385. The Kier molecular flexibility index (Phi) is 4.24. The Bertz CT molecular complexity index is 527. The molecule has 0 amide bonds. The minimum atomic E-state index is -0.302. The first-order valence-corrected chi connectivity index (χ1v) is 5.99. The summed E-state index contributed by atoms with van der Waals surface area (Å²) in [6.45, 7) is 2.42. The van der Waals surface area contributed by atoms with Gasteiger partial charge in [-0.2, -0.15) is 4.98 Å². The van der Waals surface area contributed by atoms with Crippen molar-refractivity contribution in [2.45, 2.75) is 19.5 Å². The lowest BCUT2D eigenvalue weighted by molar-refractivity contribution is 0.142. The summed E-state index contributed by atoms with van der Waals surface area (Å²) < 4.78 is 17.9. The van der Waals surface area contributed by atoms with Crippen LogP contribution in [0.25, 0.3) is 11.4 Å². The molecule has 102 valence electrons. The molecule has 0 aliphatic carbocycles. The van der Waals surface area contributed by atoms with E-state index in [-0.39, 0.29) is 18.5 Å². The number of halogens is 1. The summed E-state index contributed by atoms with van der Waals surface area (Å²) in [5.41, 5.74) is 0.703. The molecular formula is C13H16FN3O2. The van der Waals surface area contributed by atoms with Crippen LogP contribution in [0.5, 0.6) is 0 Å². The van der Waals surface area contributed by atoms with E-state index in [0.717, 1.165) is 0 Å². The molecule has 0 fully saturated rings. The molecule has 1 heterocycles. The van der Waals surface area contributed by atoms with Crippen molar-refractivity contribution < 1.29 is 14.0 Å². The Balaban J connectivity index is 2.09. The van der Waals surface area contributed by atoms with Crippen molar-refractivity contribution in [1.82, 2.24) is 15.0 Å². The van der Waals surface area contributed by atoms with Gasteiger partial charge in [0.05, 0.1) is 13.2 Å². The van der Waals surface area contributed by atoms with Crippen LogP contribution in [-0.2, 0) is 6.54 Å². The molecule has 1 N–H and O–H groups in total. The van der Waals surface area contributed by atoms with Gasteiger partial charge in [-0.25, -0.2) is 4.39 Å². The molecule has 0 aliphatic rings. The van der Waals surface area contributed by atoms with Crippen molar-refractivity contribution >= 4 is 0 Å². The highest BCUT2D eigenvalue weighted by molar-refractivity contribution is 5.53. The number of aliphatic hydroxyl groups is 1. The van der Waals surface area contributed by atoms with E-state index >= 15 is 0 Å². The van der Waals surface area contributed by atoms with E-state index in [4.69, 9.17) is 9.63 Å². The Hall–Kier alpha value is -1.79. The number of benzene rings is 1. The smallest absolute Gasteiger partial charge is 0.241 e. The van der Waals surface area contributed by atoms with E-state index in [2.05, 4.69) is 10.1 Å². The Labute approximate surface area is 110 Å². The van der Waals surface area contributed by atoms with Crippen molar-refractivity contribution in [3.05, 3.63) is 36.0 Å². The molecule has 1 atom stereocenters. The largest absolute Gasteiger partial charge is 0.395 e. The zero-order valence-electron chi connectivity index (χ0n) is 10.9. The van der Waals surface area contributed by atoms with Crippen molar-refractivity contribution in [2.24, 2.45) is 0 Å². The number of aromatic nitrogens is 2. The number of hydrogen-bond donors (Lipinski definition) is 1. The topological polar surface area (TPSA) is 62.4 Å². The van der Waals surface area contributed by atoms with Crippen LogP contribution in [0.1, 0.15) is 12.8 Å². The summed E-state index contributed by atoms with van der Waals surface area (Å²) in [4.78, 5) is 6.15. The van der Waals surface area contributed by atoms with Crippen molar-refractivity contribution in [1.29, 1.82) is 0 Å². The lowest BCUT2D eigenvalue weighted by Crippen LogP contribution is -2.31. The van der Waals surface area contributed by atoms with Gasteiger partial charge in [0, 0.05) is 11.6 Å². The van der Waals surface area contributed by atoms with Gasteiger partial charge in [-0.05, 0) is 38.2 Å². The molecule has 0 spiro atoms. The van der Waals surface area contributed by atoms with Crippen LogP contribution in [-0.4, -0.2) is 39.8 Å². The van der Waals surface area contributed by atoms with Crippen LogP contribution in [0.15, 0.2) is 28.8 Å². The third-order valence-corrected chi connectivity index (χ3v) is 2.97. The zero-order valence-corrected chi connectivity index (χ0v) is 10.9. The van der Waals surface area contributed by atoms with E-state index < -0.39 is 0 Å². The SMILES string of the molecule is CC(CO)N(C)Cc1nc(-c2ccc(F)cc2)no1. The normalized spacial score (nSPS) is 12.9. The van der Waals surface area contributed by atoms with E-state index in [1.165, 1.54) is 12.1 Å². The van der Waals surface area contributed by atoms with Gasteiger partial charge in [-0.1, -0.05) is 5.16 Å². The first kappa shape index (κ1) is 13.6. The second kappa shape index (κ2) is 5.90. The maximum absolute atomic E-state index is 12.8. The monoisotopic (exact) mass is 265 g/mol. The van der Waals surface area contributed by atoms with Crippen LogP contribution in [0, 0.1) is 5.82 Å². The van der Waals surface area contributed by atoms with Crippen LogP contribution in [0.2, 0.25) is 0 Å². The summed E-state index contributed by atoms with van der Waals surface area (Å²) in [6, 6.07) is 5.92. The highest BCUT2D eigenvalue weighted by Crippen LogP contribution is 2.16. The molecule has 5 nitrogen and oxygen atoms in total. The number of hydrogen-bond acceptors (Lipinski definition) is 5. The molecule has 19 heavy (non-hydrogen) atoms. The molecule has 0 saturated heterocycles. The maximum Gasteiger partial charge on any atom is 0.241 e. The van der Waals surface area contributed by atoms with Crippen LogP contribution in [0.3, 0.4) is 0 Å². The predicted molar refractivity (Wildman–Crippen MR) is 67.7 cm³/mol. The van der Waals surface area contributed by atoms with Gasteiger partial charge in [-0.15, -0.1) is 0 Å². The highest BCUT2D eigenvalue weighted by Gasteiger charge is 2.14. The summed E-state index contributed by atoms with van der Waals surface area (Å²) in [5, 5.41) is 12.9. The minimum absolute atomic E-state index is 0.0150. The predicted octanol–water partition coefficient (Wildman–Crippen LogP) is 1.69. The molecule has 0 bridgehead atoms. The third-order valence-electron chi connectivity index (χ3n) is 2.97. The minimum Gasteiger partial charge on any atom is -0.395 e. The fourth-order valence-corrected chi connectivity index (χ4v) is 1.54. The second-order valence-electron chi connectivity index (χ2n) is 4.47. The molecule has 2 aromatic rings. The molecule has 0 aliphatic heterocycles. The van der Waals surface area contributed by atoms with E-state index in [9.17, 15) is 4.39 Å². The zero-order chi connectivity index (χ0) is 13.8. The van der Waals surface area contributed by atoms with Gasteiger partial charge in [0.2, 0.25) is 11.7 Å². The van der Waals surface area contributed by atoms with Gasteiger partial charge >= 0.3 is 0 Å². The van der Waals surface area contributed by atoms with Crippen LogP contribution < -0.4 is 0 Å². The quantitative estimate of drug-likeness (QED) is 0.891. The summed E-state index contributed by atoms with van der Waals surface area (Å²) in [7, 11) is 1.86. The number of rotatable bonds is 5. The van der Waals surface area contributed by atoms with E-state index in [1.54, 1.807) is 12.1 Å².